The number of benzene rings is 1. The molecule has 1 aliphatic rings. The summed E-state index contributed by atoms with van der Waals surface area (Å²) in [5, 5.41) is 0.747. The number of hydrogen-bond donors (Lipinski definition) is 0. The summed E-state index contributed by atoms with van der Waals surface area (Å²) in [6.07, 6.45) is 3.26. The van der Waals surface area contributed by atoms with Gasteiger partial charge in [-0.1, -0.05) is 34.5 Å². The predicted octanol–water partition coefficient (Wildman–Crippen LogP) is 3.57. The van der Waals surface area contributed by atoms with Gasteiger partial charge in [-0.3, -0.25) is 0 Å². The van der Waals surface area contributed by atoms with Crippen molar-refractivity contribution in [2.45, 2.75) is 35.8 Å². The molecular formula is C14H16BrNO2S2. The van der Waals surface area contributed by atoms with Gasteiger partial charge in [-0.2, -0.15) is 0 Å². The van der Waals surface area contributed by atoms with Crippen molar-refractivity contribution in [1.29, 1.82) is 0 Å². The third-order valence-corrected chi connectivity index (χ3v) is 8.46. The SMILES string of the molecule is O=S1(=O)CCCCC1C(Br)Cc1nc2ccccc2s1. The molecule has 2 heterocycles. The van der Waals surface area contributed by atoms with Crippen LogP contribution in [0.25, 0.3) is 10.2 Å². The molecule has 0 radical (unpaired) electrons. The highest BCUT2D eigenvalue weighted by Crippen LogP contribution is 2.30. The molecule has 1 fully saturated rings. The van der Waals surface area contributed by atoms with Crippen LogP contribution < -0.4 is 0 Å². The smallest absolute Gasteiger partial charge is 0.154 e. The minimum absolute atomic E-state index is 0.0339. The lowest BCUT2D eigenvalue weighted by Gasteiger charge is -2.25. The summed E-state index contributed by atoms with van der Waals surface area (Å²) in [6.45, 7) is 0. The van der Waals surface area contributed by atoms with Gasteiger partial charge >= 0.3 is 0 Å². The van der Waals surface area contributed by atoms with Crippen molar-refractivity contribution in [2.75, 3.05) is 5.75 Å². The second-order valence-corrected chi connectivity index (χ2v) is 9.83. The van der Waals surface area contributed by atoms with Crippen LogP contribution in [-0.2, 0) is 16.3 Å². The number of rotatable bonds is 3. The Morgan fingerprint density at radius 3 is 2.90 bits per heavy atom. The highest BCUT2D eigenvalue weighted by atomic mass is 79.9. The fraction of sp³-hybridized carbons (Fsp3) is 0.500. The summed E-state index contributed by atoms with van der Waals surface area (Å²) in [6, 6.07) is 8.03. The van der Waals surface area contributed by atoms with Crippen LogP contribution in [-0.4, -0.2) is 29.2 Å². The first-order valence-electron chi connectivity index (χ1n) is 6.76. The highest BCUT2D eigenvalue weighted by molar-refractivity contribution is 9.09. The minimum Gasteiger partial charge on any atom is -0.241 e. The number of thiazole rings is 1. The zero-order valence-corrected chi connectivity index (χ0v) is 14.2. The quantitative estimate of drug-likeness (QED) is 0.772. The zero-order valence-electron chi connectivity index (χ0n) is 11.0. The van der Waals surface area contributed by atoms with Gasteiger partial charge in [0.2, 0.25) is 0 Å². The van der Waals surface area contributed by atoms with Gasteiger partial charge in [0, 0.05) is 11.2 Å². The van der Waals surface area contributed by atoms with Crippen molar-refractivity contribution >= 4 is 47.3 Å². The van der Waals surface area contributed by atoms with Crippen LogP contribution in [0.1, 0.15) is 24.3 Å². The molecule has 2 aromatic rings. The van der Waals surface area contributed by atoms with Crippen molar-refractivity contribution in [1.82, 2.24) is 4.98 Å². The number of hydrogen-bond acceptors (Lipinski definition) is 4. The Hall–Kier alpha value is -0.460. The van der Waals surface area contributed by atoms with Crippen LogP contribution in [0.15, 0.2) is 24.3 Å². The maximum Gasteiger partial charge on any atom is 0.154 e. The fourth-order valence-electron chi connectivity index (χ4n) is 2.69. The number of halogens is 1. The van der Waals surface area contributed by atoms with Gasteiger partial charge in [-0.25, -0.2) is 13.4 Å². The Morgan fingerprint density at radius 2 is 2.15 bits per heavy atom. The monoisotopic (exact) mass is 373 g/mol. The standard InChI is InChI=1S/C14H16BrNO2S2/c15-10(13-7-3-4-8-20(13,17)18)9-14-16-11-5-1-2-6-12(11)19-14/h1-2,5-6,10,13H,3-4,7-9H2. The lowest BCUT2D eigenvalue weighted by atomic mass is 10.1. The molecular weight excluding hydrogens is 358 g/mol. The lowest BCUT2D eigenvalue weighted by molar-refractivity contribution is 0.533. The normalized spacial score (nSPS) is 23.8. The fourth-order valence-corrected chi connectivity index (χ4v) is 7.47. The van der Waals surface area contributed by atoms with Gasteiger partial charge < -0.3 is 0 Å². The van der Waals surface area contributed by atoms with Crippen molar-refractivity contribution in [2.24, 2.45) is 0 Å². The largest absolute Gasteiger partial charge is 0.241 e. The molecule has 1 saturated heterocycles. The molecule has 0 N–H and O–H groups in total. The third-order valence-electron chi connectivity index (χ3n) is 3.74. The van der Waals surface area contributed by atoms with Gasteiger partial charge in [-0.05, 0) is 25.0 Å². The Morgan fingerprint density at radius 1 is 1.35 bits per heavy atom. The molecule has 108 valence electrons. The van der Waals surface area contributed by atoms with E-state index >= 15 is 0 Å². The summed E-state index contributed by atoms with van der Waals surface area (Å²) >= 11 is 5.25. The summed E-state index contributed by atoms with van der Waals surface area (Å²) < 4.78 is 25.4. The second kappa shape index (κ2) is 5.73. The Labute approximate surface area is 131 Å². The van der Waals surface area contributed by atoms with Crippen LogP contribution in [0.4, 0.5) is 0 Å². The van der Waals surface area contributed by atoms with Crippen LogP contribution >= 0.6 is 27.3 Å². The molecule has 2 unspecified atom stereocenters. The predicted molar refractivity (Wildman–Crippen MR) is 87.5 cm³/mol. The Kier molecular flexibility index (Phi) is 4.15. The Bertz CT molecular complexity index is 678. The zero-order chi connectivity index (χ0) is 14.2. The van der Waals surface area contributed by atoms with Crippen molar-refractivity contribution < 1.29 is 8.42 Å². The number of sulfone groups is 1. The molecule has 6 heteroatoms. The molecule has 2 atom stereocenters. The van der Waals surface area contributed by atoms with E-state index in [2.05, 4.69) is 27.0 Å². The first kappa shape index (κ1) is 14.5. The van der Waals surface area contributed by atoms with Gasteiger partial charge in [-0.15, -0.1) is 11.3 Å². The summed E-state index contributed by atoms with van der Waals surface area (Å²) in [5.41, 5.74) is 0.999. The van der Waals surface area contributed by atoms with E-state index in [1.54, 1.807) is 11.3 Å². The number of aromatic nitrogens is 1. The molecule has 1 aromatic heterocycles. The van der Waals surface area contributed by atoms with E-state index in [0.717, 1.165) is 34.5 Å². The van der Waals surface area contributed by atoms with Gasteiger partial charge in [0.15, 0.2) is 9.84 Å². The van der Waals surface area contributed by atoms with E-state index in [0.29, 0.717) is 12.2 Å². The Balaban J connectivity index is 1.79. The van der Waals surface area contributed by atoms with Crippen LogP contribution in [0.5, 0.6) is 0 Å². The first-order chi connectivity index (χ1) is 9.56. The van der Waals surface area contributed by atoms with E-state index in [1.807, 2.05) is 18.2 Å². The molecule has 0 aliphatic carbocycles. The molecule has 0 amide bonds. The molecule has 20 heavy (non-hydrogen) atoms. The number of para-hydroxylation sites is 1. The van der Waals surface area contributed by atoms with E-state index in [9.17, 15) is 8.42 Å². The average Bonchev–Trinajstić information content (AvgIpc) is 2.80. The molecule has 1 aliphatic heterocycles. The number of fused-ring (bicyclic) bond motifs is 1. The summed E-state index contributed by atoms with van der Waals surface area (Å²) in [4.78, 5) is 4.56. The minimum atomic E-state index is -2.94. The molecule has 0 spiro atoms. The molecule has 0 saturated carbocycles. The van der Waals surface area contributed by atoms with E-state index < -0.39 is 9.84 Å². The van der Waals surface area contributed by atoms with E-state index in [-0.39, 0.29) is 10.1 Å². The average molecular weight is 374 g/mol. The van der Waals surface area contributed by atoms with Gasteiger partial charge in [0.25, 0.3) is 0 Å². The highest BCUT2D eigenvalue weighted by Gasteiger charge is 2.34. The number of nitrogens with zero attached hydrogens (tertiary/aromatic N) is 1. The summed E-state index contributed by atoms with van der Waals surface area (Å²) in [7, 11) is -2.94. The van der Waals surface area contributed by atoms with Crippen LogP contribution in [0, 0.1) is 0 Å². The third kappa shape index (κ3) is 2.92. The first-order valence-corrected chi connectivity index (χ1v) is 10.2. The van der Waals surface area contributed by atoms with Crippen LogP contribution in [0.2, 0.25) is 0 Å². The van der Waals surface area contributed by atoms with Gasteiger partial charge in [0.1, 0.15) is 0 Å². The van der Waals surface area contributed by atoms with Crippen molar-refractivity contribution in [3.05, 3.63) is 29.3 Å². The summed E-state index contributed by atoms with van der Waals surface area (Å²) in [5.74, 6) is 0.333. The maximum atomic E-state index is 12.1. The van der Waals surface area contributed by atoms with Crippen molar-refractivity contribution in [3.63, 3.8) is 0 Å². The second-order valence-electron chi connectivity index (χ2n) is 5.20. The molecule has 3 rings (SSSR count). The number of alkyl halides is 1. The molecule has 3 nitrogen and oxygen atoms in total. The van der Waals surface area contributed by atoms with E-state index in [4.69, 9.17) is 0 Å². The van der Waals surface area contributed by atoms with E-state index in [1.165, 1.54) is 0 Å². The maximum absolute atomic E-state index is 12.1. The molecule has 1 aromatic carbocycles. The van der Waals surface area contributed by atoms with Crippen LogP contribution in [0.3, 0.4) is 0 Å². The van der Waals surface area contributed by atoms with Gasteiger partial charge in [0.05, 0.1) is 26.2 Å². The lowest BCUT2D eigenvalue weighted by Crippen LogP contribution is -2.36. The topological polar surface area (TPSA) is 47.0 Å². The van der Waals surface area contributed by atoms with Crippen molar-refractivity contribution in [3.8, 4) is 0 Å². The molecule has 0 bridgehead atoms.